The van der Waals surface area contributed by atoms with Gasteiger partial charge in [-0.3, -0.25) is 9.59 Å². The van der Waals surface area contributed by atoms with Crippen LogP contribution in [0.3, 0.4) is 0 Å². The SMILES string of the molecule is CC(C)[C@H]1COC(=O)[C@@H](NC(=O)OCC2c3ccccc3-c3ccccc32)CCC=CC[C@H](CC(=O)NC2(CO)CCCC2)C(=O)N1. The summed E-state index contributed by atoms with van der Waals surface area (Å²) in [5.41, 5.74) is 3.83. The van der Waals surface area contributed by atoms with Crippen LogP contribution in [0.2, 0.25) is 0 Å². The Morgan fingerprint density at radius 1 is 1.02 bits per heavy atom. The van der Waals surface area contributed by atoms with Gasteiger partial charge in [-0.05, 0) is 60.3 Å². The van der Waals surface area contributed by atoms with Gasteiger partial charge < -0.3 is 30.5 Å². The van der Waals surface area contributed by atoms with Crippen molar-refractivity contribution < 1.29 is 33.8 Å². The van der Waals surface area contributed by atoms with Crippen LogP contribution in [0.1, 0.15) is 82.3 Å². The maximum atomic E-state index is 13.4. The van der Waals surface area contributed by atoms with E-state index in [0.717, 1.165) is 47.9 Å². The van der Waals surface area contributed by atoms with Crippen LogP contribution in [-0.2, 0) is 23.9 Å². The van der Waals surface area contributed by atoms with Crippen LogP contribution >= 0.6 is 0 Å². The third-order valence-electron chi connectivity index (χ3n) is 9.74. The summed E-state index contributed by atoms with van der Waals surface area (Å²) in [5.74, 6) is -1.97. The van der Waals surface area contributed by atoms with E-state index in [9.17, 15) is 24.3 Å². The lowest BCUT2D eigenvalue weighted by atomic mass is 9.94. The number of carbonyl (C=O) groups is 4. The predicted molar refractivity (Wildman–Crippen MR) is 177 cm³/mol. The molecule has 0 bridgehead atoms. The molecule has 0 spiro atoms. The fourth-order valence-electron chi connectivity index (χ4n) is 6.87. The lowest BCUT2D eigenvalue weighted by Crippen LogP contribution is -2.51. The standard InChI is InChI=1S/C37H47N3O7/c1-24(2)32-22-46-35(44)31(39-36(45)47-21-30-28-15-8-6-13-26(28)27-14-7-9-16-29(27)30)17-5-3-4-12-25(34(43)38-32)20-33(42)40-37(23-41)18-10-11-19-37/h3-4,6-9,13-16,24-25,30-32,41H,5,10-12,17-23H2,1-2H3,(H,38,43)(H,39,45)(H,40,42)/t25-,31+,32-/m1/s1. The number of nitrogens with one attached hydrogen (secondary N) is 3. The summed E-state index contributed by atoms with van der Waals surface area (Å²) in [4.78, 5) is 52.7. The summed E-state index contributed by atoms with van der Waals surface area (Å²) in [5, 5.41) is 18.6. The second-order valence-electron chi connectivity index (χ2n) is 13.4. The van der Waals surface area contributed by atoms with Crippen molar-refractivity contribution in [3.05, 3.63) is 71.8 Å². The zero-order chi connectivity index (χ0) is 33.4. The van der Waals surface area contributed by atoms with Crippen molar-refractivity contribution in [3.8, 4) is 11.1 Å². The summed E-state index contributed by atoms with van der Waals surface area (Å²) in [6.07, 6.45) is 7.33. The normalized spacial score (nSPS) is 22.9. The molecule has 1 saturated carbocycles. The minimum atomic E-state index is -0.942. The highest BCUT2D eigenvalue weighted by Gasteiger charge is 2.36. The van der Waals surface area contributed by atoms with Crippen molar-refractivity contribution in [1.29, 1.82) is 0 Å². The highest BCUT2D eigenvalue weighted by molar-refractivity contribution is 5.86. The molecule has 0 radical (unpaired) electrons. The number of fused-ring (bicyclic) bond motifs is 3. The lowest BCUT2D eigenvalue weighted by molar-refractivity contribution is -0.148. The van der Waals surface area contributed by atoms with Crippen molar-refractivity contribution >= 4 is 23.9 Å². The Bertz CT molecular complexity index is 1420. The zero-order valence-electron chi connectivity index (χ0n) is 27.3. The van der Waals surface area contributed by atoms with Gasteiger partial charge in [-0.25, -0.2) is 9.59 Å². The lowest BCUT2D eigenvalue weighted by Gasteiger charge is -2.29. The van der Waals surface area contributed by atoms with Gasteiger partial charge in [0, 0.05) is 12.3 Å². The van der Waals surface area contributed by atoms with Crippen LogP contribution < -0.4 is 16.0 Å². The van der Waals surface area contributed by atoms with E-state index in [0.29, 0.717) is 12.8 Å². The fourth-order valence-corrected chi connectivity index (χ4v) is 6.87. The minimum absolute atomic E-state index is 0.0194. The average molecular weight is 646 g/mol. The molecule has 4 N–H and O–H groups in total. The van der Waals surface area contributed by atoms with E-state index in [-0.39, 0.29) is 56.3 Å². The van der Waals surface area contributed by atoms with Gasteiger partial charge in [-0.1, -0.05) is 87.4 Å². The predicted octanol–water partition coefficient (Wildman–Crippen LogP) is 4.75. The first-order chi connectivity index (χ1) is 22.7. The van der Waals surface area contributed by atoms with E-state index in [1.807, 2.05) is 62.4 Å². The maximum absolute atomic E-state index is 13.4. The summed E-state index contributed by atoms with van der Waals surface area (Å²) < 4.78 is 11.3. The largest absolute Gasteiger partial charge is 0.462 e. The summed E-state index contributed by atoms with van der Waals surface area (Å²) in [7, 11) is 0. The van der Waals surface area contributed by atoms with Crippen LogP contribution in [0.15, 0.2) is 60.7 Å². The molecule has 2 aliphatic carbocycles. The maximum Gasteiger partial charge on any atom is 0.407 e. The number of esters is 1. The number of cyclic esters (lactones) is 1. The van der Waals surface area contributed by atoms with Gasteiger partial charge >= 0.3 is 12.1 Å². The van der Waals surface area contributed by atoms with Crippen molar-refractivity contribution in [1.82, 2.24) is 16.0 Å². The Labute approximate surface area is 276 Å². The molecule has 10 nitrogen and oxygen atoms in total. The van der Waals surface area contributed by atoms with Gasteiger partial charge in [0.2, 0.25) is 11.8 Å². The van der Waals surface area contributed by atoms with E-state index < -0.39 is 35.6 Å². The number of rotatable bonds is 8. The first kappa shape index (κ1) is 34.2. The minimum Gasteiger partial charge on any atom is -0.462 e. The molecule has 2 aromatic rings. The quantitative estimate of drug-likeness (QED) is 0.240. The van der Waals surface area contributed by atoms with Crippen molar-refractivity contribution in [2.75, 3.05) is 19.8 Å². The van der Waals surface area contributed by atoms with Crippen LogP contribution in [0.5, 0.6) is 0 Å². The van der Waals surface area contributed by atoms with Crippen molar-refractivity contribution in [2.24, 2.45) is 11.8 Å². The molecule has 252 valence electrons. The second kappa shape index (κ2) is 15.6. The zero-order valence-corrected chi connectivity index (χ0v) is 27.3. The number of hydrogen-bond acceptors (Lipinski definition) is 7. The van der Waals surface area contributed by atoms with E-state index in [4.69, 9.17) is 9.47 Å². The average Bonchev–Trinajstić information content (AvgIpc) is 3.66. The monoisotopic (exact) mass is 645 g/mol. The molecule has 5 rings (SSSR count). The number of alkyl carbamates (subject to hydrolysis) is 1. The first-order valence-electron chi connectivity index (χ1n) is 16.8. The molecule has 0 saturated heterocycles. The molecule has 0 aromatic heterocycles. The van der Waals surface area contributed by atoms with Gasteiger partial charge in [-0.2, -0.15) is 0 Å². The van der Waals surface area contributed by atoms with E-state index in [1.54, 1.807) is 0 Å². The number of carbonyl (C=O) groups excluding carboxylic acids is 4. The summed E-state index contributed by atoms with van der Waals surface area (Å²) >= 11 is 0. The molecule has 10 heteroatoms. The smallest absolute Gasteiger partial charge is 0.407 e. The molecule has 1 aliphatic heterocycles. The number of ether oxygens (including phenoxy) is 2. The van der Waals surface area contributed by atoms with Crippen LogP contribution in [0.4, 0.5) is 4.79 Å². The molecule has 3 aliphatic rings. The number of amides is 3. The van der Waals surface area contributed by atoms with Crippen molar-refractivity contribution in [3.63, 3.8) is 0 Å². The molecule has 1 heterocycles. The number of benzene rings is 2. The van der Waals surface area contributed by atoms with Gasteiger partial charge in [0.15, 0.2) is 0 Å². The molecule has 3 amide bonds. The Balaban J connectivity index is 1.21. The first-order valence-corrected chi connectivity index (χ1v) is 16.8. The van der Waals surface area contributed by atoms with Crippen LogP contribution in [-0.4, -0.2) is 66.4 Å². The number of hydrogen-bond donors (Lipinski definition) is 4. The third kappa shape index (κ3) is 8.41. The van der Waals surface area contributed by atoms with Crippen LogP contribution in [0, 0.1) is 11.8 Å². The number of allylic oxidation sites excluding steroid dienone is 2. The second-order valence-corrected chi connectivity index (χ2v) is 13.4. The topological polar surface area (TPSA) is 143 Å². The Morgan fingerprint density at radius 2 is 1.68 bits per heavy atom. The Morgan fingerprint density at radius 3 is 2.32 bits per heavy atom. The van der Waals surface area contributed by atoms with Gasteiger partial charge in [0.1, 0.15) is 19.3 Å². The summed E-state index contributed by atoms with van der Waals surface area (Å²) in [6.45, 7) is 3.75. The van der Waals surface area contributed by atoms with E-state index in [2.05, 4.69) is 28.1 Å². The number of aliphatic hydroxyl groups is 1. The van der Waals surface area contributed by atoms with E-state index in [1.165, 1.54) is 0 Å². The highest BCUT2D eigenvalue weighted by Crippen LogP contribution is 2.44. The van der Waals surface area contributed by atoms with Gasteiger partial charge in [-0.15, -0.1) is 0 Å². The molecule has 2 aromatic carbocycles. The third-order valence-corrected chi connectivity index (χ3v) is 9.74. The molecule has 47 heavy (non-hydrogen) atoms. The number of aliphatic hydroxyl groups excluding tert-OH is 1. The van der Waals surface area contributed by atoms with Gasteiger partial charge in [0.25, 0.3) is 0 Å². The Kier molecular flexibility index (Phi) is 11.3. The van der Waals surface area contributed by atoms with E-state index >= 15 is 0 Å². The van der Waals surface area contributed by atoms with Gasteiger partial charge in [0.05, 0.1) is 24.1 Å². The summed E-state index contributed by atoms with van der Waals surface area (Å²) in [6, 6.07) is 14.7. The molecule has 0 unspecified atom stereocenters. The van der Waals surface area contributed by atoms with Crippen molar-refractivity contribution in [2.45, 2.75) is 88.8 Å². The Hall–Kier alpha value is -4.18. The molecular formula is C37H47N3O7. The molecule has 1 fully saturated rings. The highest BCUT2D eigenvalue weighted by atomic mass is 16.6. The molecular weight excluding hydrogens is 598 g/mol. The molecule has 3 atom stereocenters. The van der Waals surface area contributed by atoms with Crippen LogP contribution in [0.25, 0.3) is 11.1 Å². The fraction of sp³-hybridized carbons (Fsp3) is 0.514.